The highest BCUT2D eigenvalue weighted by atomic mass is 35.5. The average Bonchev–Trinajstić information content (AvgIpc) is 1.94. The van der Waals surface area contributed by atoms with Crippen molar-refractivity contribution in [3.05, 3.63) is 28.8 Å². The Hall–Kier alpha value is -0.580. The van der Waals surface area contributed by atoms with Crippen LogP contribution in [-0.4, -0.2) is 8.76 Å². The van der Waals surface area contributed by atoms with Gasteiger partial charge in [0.05, 0.1) is 10.7 Å². The van der Waals surface area contributed by atoms with Gasteiger partial charge in [-0.25, -0.2) is 4.21 Å². The fourth-order valence-electron chi connectivity index (χ4n) is 0.797. The number of benzene rings is 1. The summed E-state index contributed by atoms with van der Waals surface area (Å²) in [6, 6.07) is 5.18. The highest BCUT2D eigenvalue weighted by Crippen LogP contribution is 2.22. The van der Waals surface area contributed by atoms with Crippen molar-refractivity contribution in [3.63, 3.8) is 0 Å². The fourth-order valence-corrected chi connectivity index (χ4v) is 1.50. The molecule has 0 aliphatic heterocycles. The van der Waals surface area contributed by atoms with Crippen LogP contribution in [0.25, 0.3) is 0 Å². The molecule has 0 fully saturated rings. The topological polar surface area (TPSA) is 49.3 Å². The summed E-state index contributed by atoms with van der Waals surface area (Å²) in [5.41, 5.74) is 1.47. The van der Waals surface area contributed by atoms with Crippen LogP contribution in [0.1, 0.15) is 5.56 Å². The maximum atomic E-state index is 10.3. The van der Waals surface area contributed by atoms with Crippen LogP contribution in [0.15, 0.2) is 18.2 Å². The molecule has 0 aromatic heterocycles. The molecule has 0 spiro atoms. The van der Waals surface area contributed by atoms with Gasteiger partial charge in [0.25, 0.3) is 11.3 Å². The van der Waals surface area contributed by atoms with E-state index in [0.717, 1.165) is 5.56 Å². The summed E-state index contributed by atoms with van der Waals surface area (Å²) in [5.74, 6) is 0. The van der Waals surface area contributed by atoms with Gasteiger partial charge in [-0.3, -0.25) is 9.27 Å². The Morgan fingerprint density at radius 2 is 2.25 bits per heavy atom. The molecule has 0 bridgehead atoms. The lowest BCUT2D eigenvalue weighted by molar-refractivity contribution is 0.570. The van der Waals surface area contributed by atoms with Gasteiger partial charge < -0.3 is 0 Å². The third-order valence-electron chi connectivity index (χ3n) is 1.32. The number of hydrogen-bond acceptors (Lipinski definition) is 1. The molecule has 0 saturated carbocycles. The van der Waals surface area contributed by atoms with Gasteiger partial charge in [-0.15, -0.1) is 0 Å². The molecule has 1 rings (SSSR count). The molecule has 1 atom stereocenters. The fraction of sp³-hybridized carbons (Fsp3) is 0.143. The van der Waals surface area contributed by atoms with Gasteiger partial charge in [0.2, 0.25) is 0 Å². The summed E-state index contributed by atoms with van der Waals surface area (Å²) in [5, 5.41) is 0.442. The van der Waals surface area contributed by atoms with E-state index in [2.05, 4.69) is 4.72 Å². The molecular weight excluding hydrogens is 198 g/mol. The zero-order chi connectivity index (χ0) is 9.14. The second-order valence-corrected chi connectivity index (χ2v) is 3.44. The van der Waals surface area contributed by atoms with E-state index in [1.54, 1.807) is 18.2 Å². The summed E-state index contributed by atoms with van der Waals surface area (Å²) < 4.78 is 21.1. The Morgan fingerprint density at radius 1 is 1.58 bits per heavy atom. The van der Waals surface area contributed by atoms with E-state index in [-0.39, 0.29) is 0 Å². The van der Waals surface area contributed by atoms with Crippen LogP contribution in [-0.2, 0) is 11.3 Å². The molecule has 2 N–H and O–H groups in total. The van der Waals surface area contributed by atoms with Crippen molar-refractivity contribution in [2.45, 2.75) is 6.92 Å². The van der Waals surface area contributed by atoms with Crippen LogP contribution in [0.2, 0.25) is 5.02 Å². The quantitative estimate of drug-likeness (QED) is 0.728. The molecule has 0 aliphatic carbocycles. The van der Waals surface area contributed by atoms with E-state index < -0.39 is 11.3 Å². The highest BCUT2D eigenvalue weighted by molar-refractivity contribution is 7.80. The van der Waals surface area contributed by atoms with Crippen molar-refractivity contribution in [2.24, 2.45) is 0 Å². The third-order valence-corrected chi connectivity index (χ3v) is 2.03. The molecule has 1 unspecified atom stereocenters. The second-order valence-electron chi connectivity index (χ2n) is 2.33. The Morgan fingerprint density at radius 3 is 2.75 bits per heavy atom. The van der Waals surface area contributed by atoms with E-state index in [1.807, 2.05) is 6.92 Å². The Labute approximate surface area is 78.2 Å². The van der Waals surface area contributed by atoms with Gasteiger partial charge in [0.15, 0.2) is 0 Å². The van der Waals surface area contributed by atoms with Gasteiger partial charge in [0, 0.05) is 0 Å². The average molecular weight is 206 g/mol. The van der Waals surface area contributed by atoms with Crippen molar-refractivity contribution in [3.8, 4) is 0 Å². The number of rotatable bonds is 2. The number of nitrogens with one attached hydrogen (secondary N) is 1. The SMILES string of the molecule is Cc1ccc(NS(=O)O)c(Cl)c1. The third kappa shape index (κ3) is 2.48. The smallest absolute Gasteiger partial charge is 0.259 e. The van der Waals surface area contributed by atoms with Gasteiger partial charge in [-0.05, 0) is 24.6 Å². The molecule has 66 valence electrons. The van der Waals surface area contributed by atoms with Crippen LogP contribution in [0.4, 0.5) is 5.69 Å². The summed E-state index contributed by atoms with van der Waals surface area (Å²) in [4.78, 5) is 0. The summed E-state index contributed by atoms with van der Waals surface area (Å²) in [7, 11) is 0. The first-order chi connectivity index (χ1) is 5.59. The Kier molecular flexibility index (Phi) is 3.08. The lowest BCUT2D eigenvalue weighted by atomic mass is 10.2. The van der Waals surface area contributed by atoms with Crippen molar-refractivity contribution in [1.82, 2.24) is 0 Å². The molecule has 0 saturated heterocycles. The highest BCUT2D eigenvalue weighted by Gasteiger charge is 2.00. The maximum absolute atomic E-state index is 10.3. The van der Waals surface area contributed by atoms with Gasteiger partial charge in [-0.1, -0.05) is 17.7 Å². The first-order valence-electron chi connectivity index (χ1n) is 3.23. The van der Waals surface area contributed by atoms with Crippen molar-refractivity contribution in [2.75, 3.05) is 4.72 Å². The lowest BCUT2D eigenvalue weighted by Crippen LogP contribution is -2.02. The van der Waals surface area contributed by atoms with Crippen LogP contribution in [0.5, 0.6) is 0 Å². The van der Waals surface area contributed by atoms with Crippen molar-refractivity contribution in [1.29, 1.82) is 0 Å². The minimum absolute atomic E-state index is 0.442. The predicted molar refractivity (Wildman–Crippen MR) is 50.6 cm³/mol. The zero-order valence-electron chi connectivity index (χ0n) is 6.37. The summed E-state index contributed by atoms with van der Waals surface area (Å²) in [6.07, 6.45) is 0. The molecular formula is C7H8ClNO2S. The largest absolute Gasteiger partial charge is 0.289 e. The summed E-state index contributed by atoms with van der Waals surface area (Å²) in [6.45, 7) is 1.89. The zero-order valence-corrected chi connectivity index (χ0v) is 7.95. The van der Waals surface area contributed by atoms with Gasteiger partial charge in [-0.2, -0.15) is 0 Å². The van der Waals surface area contributed by atoms with Crippen molar-refractivity contribution >= 4 is 28.6 Å². The number of hydrogen-bond donors (Lipinski definition) is 2. The first kappa shape index (κ1) is 9.51. The van der Waals surface area contributed by atoms with E-state index in [4.69, 9.17) is 16.2 Å². The lowest BCUT2D eigenvalue weighted by Gasteiger charge is -2.03. The van der Waals surface area contributed by atoms with E-state index >= 15 is 0 Å². The van der Waals surface area contributed by atoms with Crippen LogP contribution >= 0.6 is 11.6 Å². The molecule has 12 heavy (non-hydrogen) atoms. The molecule has 0 aliphatic rings. The summed E-state index contributed by atoms with van der Waals surface area (Å²) >= 11 is 3.70. The number of anilines is 1. The Bertz CT molecular complexity index is 316. The molecule has 0 radical (unpaired) electrons. The molecule has 3 nitrogen and oxygen atoms in total. The molecule has 1 aromatic rings. The van der Waals surface area contributed by atoms with Crippen LogP contribution in [0.3, 0.4) is 0 Å². The van der Waals surface area contributed by atoms with Gasteiger partial charge in [0.1, 0.15) is 0 Å². The standard InChI is InChI=1S/C7H8ClNO2S/c1-5-2-3-7(6(8)4-5)9-12(10)11/h2-4,9H,1H3,(H,10,11). The van der Waals surface area contributed by atoms with Crippen LogP contribution in [0, 0.1) is 6.92 Å². The molecule has 0 heterocycles. The monoisotopic (exact) mass is 205 g/mol. The van der Waals surface area contributed by atoms with E-state index in [0.29, 0.717) is 10.7 Å². The van der Waals surface area contributed by atoms with Gasteiger partial charge >= 0.3 is 0 Å². The van der Waals surface area contributed by atoms with E-state index in [1.165, 1.54) is 0 Å². The first-order valence-corrected chi connectivity index (χ1v) is 4.72. The number of aryl methyl sites for hydroxylation is 1. The second kappa shape index (κ2) is 3.89. The van der Waals surface area contributed by atoms with Crippen molar-refractivity contribution < 1.29 is 8.76 Å². The predicted octanol–water partition coefficient (Wildman–Crippen LogP) is 2.20. The number of halogens is 1. The minimum atomic E-state index is -2.07. The normalized spacial score (nSPS) is 12.6. The minimum Gasteiger partial charge on any atom is -0.289 e. The maximum Gasteiger partial charge on any atom is 0.259 e. The Balaban J connectivity index is 2.93. The molecule has 1 aromatic carbocycles. The van der Waals surface area contributed by atoms with Crippen LogP contribution < -0.4 is 4.72 Å². The molecule has 5 heteroatoms. The van der Waals surface area contributed by atoms with E-state index in [9.17, 15) is 4.21 Å². The molecule has 0 amide bonds.